The zero-order valence-electron chi connectivity index (χ0n) is 12.3. The molecule has 1 aromatic rings. The smallest absolute Gasteiger partial charge is 0.141 e. The highest BCUT2D eigenvalue weighted by Gasteiger charge is 2.22. The molecule has 0 amide bonds. The van der Waals surface area contributed by atoms with Crippen LogP contribution in [0.5, 0.6) is 0 Å². The van der Waals surface area contributed by atoms with E-state index in [2.05, 4.69) is 28.8 Å². The minimum Gasteiger partial charge on any atom is -0.329 e. The van der Waals surface area contributed by atoms with Crippen molar-refractivity contribution in [1.82, 2.24) is 19.7 Å². The molecule has 0 aromatic carbocycles. The summed E-state index contributed by atoms with van der Waals surface area (Å²) in [6, 6.07) is 1.04. The quantitative estimate of drug-likeness (QED) is 0.854. The van der Waals surface area contributed by atoms with Crippen molar-refractivity contribution >= 4 is 0 Å². The summed E-state index contributed by atoms with van der Waals surface area (Å²) in [6.07, 6.45) is 8.35. The van der Waals surface area contributed by atoms with Gasteiger partial charge < -0.3 is 5.73 Å². The molecule has 0 bridgehead atoms. The van der Waals surface area contributed by atoms with E-state index in [0.29, 0.717) is 18.6 Å². The van der Waals surface area contributed by atoms with Crippen LogP contribution in [-0.2, 0) is 6.54 Å². The van der Waals surface area contributed by atoms with Crippen LogP contribution in [0.1, 0.15) is 57.8 Å². The molecule has 1 aromatic heterocycles. The van der Waals surface area contributed by atoms with Gasteiger partial charge in [-0.3, -0.25) is 4.90 Å². The largest absolute Gasteiger partial charge is 0.329 e. The van der Waals surface area contributed by atoms with Gasteiger partial charge in [0, 0.05) is 25.2 Å². The molecule has 1 fully saturated rings. The van der Waals surface area contributed by atoms with Gasteiger partial charge in [-0.2, -0.15) is 5.10 Å². The molecule has 1 saturated carbocycles. The van der Waals surface area contributed by atoms with Crippen LogP contribution in [0.15, 0.2) is 6.33 Å². The van der Waals surface area contributed by atoms with Crippen LogP contribution in [0.25, 0.3) is 0 Å². The van der Waals surface area contributed by atoms with Crippen molar-refractivity contribution in [2.45, 2.75) is 64.6 Å². The van der Waals surface area contributed by atoms with Gasteiger partial charge in [-0.1, -0.05) is 19.3 Å². The Bertz CT molecular complexity index is 368. The molecule has 0 spiro atoms. The van der Waals surface area contributed by atoms with Crippen LogP contribution in [0, 0.1) is 0 Å². The highest BCUT2D eigenvalue weighted by atomic mass is 15.4. The van der Waals surface area contributed by atoms with E-state index in [1.54, 1.807) is 6.33 Å². The van der Waals surface area contributed by atoms with E-state index in [-0.39, 0.29) is 0 Å². The molecule has 2 N–H and O–H groups in total. The van der Waals surface area contributed by atoms with Crippen LogP contribution >= 0.6 is 0 Å². The first kappa shape index (κ1) is 14.5. The van der Waals surface area contributed by atoms with E-state index in [1.807, 2.05) is 4.68 Å². The van der Waals surface area contributed by atoms with Gasteiger partial charge in [0.05, 0.1) is 6.54 Å². The van der Waals surface area contributed by atoms with Gasteiger partial charge in [-0.05, 0) is 26.7 Å². The first-order valence-corrected chi connectivity index (χ1v) is 7.55. The fourth-order valence-electron chi connectivity index (χ4n) is 3.00. The molecule has 0 saturated heterocycles. The van der Waals surface area contributed by atoms with Gasteiger partial charge in [0.2, 0.25) is 0 Å². The van der Waals surface area contributed by atoms with Crippen LogP contribution in [0.3, 0.4) is 0 Å². The van der Waals surface area contributed by atoms with E-state index in [1.165, 1.54) is 32.1 Å². The Hall–Kier alpha value is -0.940. The molecular formula is C14H27N5. The summed E-state index contributed by atoms with van der Waals surface area (Å²) in [5, 5.41) is 4.32. The summed E-state index contributed by atoms with van der Waals surface area (Å²) in [6.45, 7) is 6.83. The van der Waals surface area contributed by atoms with Crippen molar-refractivity contribution in [1.29, 1.82) is 0 Å². The minimum atomic E-state index is 0.364. The van der Waals surface area contributed by atoms with E-state index >= 15 is 0 Å². The second-order valence-corrected chi connectivity index (χ2v) is 5.77. The fourth-order valence-corrected chi connectivity index (χ4v) is 3.00. The third-order valence-corrected chi connectivity index (χ3v) is 3.99. The highest BCUT2D eigenvalue weighted by Crippen LogP contribution is 2.23. The Balaban J connectivity index is 2.04. The molecule has 0 aliphatic heterocycles. The summed E-state index contributed by atoms with van der Waals surface area (Å²) < 4.78 is 2.02. The number of hydrogen-bond donors (Lipinski definition) is 1. The summed E-state index contributed by atoms with van der Waals surface area (Å²) in [7, 11) is 0. The molecule has 19 heavy (non-hydrogen) atoms. The topological polar surface area (TPSA) is 60.0 Å². The molecule has 5 nitrogen and oxygen atoms in total. The van der Waals surface area contributed by atoms with Gasteiger partial charge in [0.15, 0.2) is 0 Å². The van der Waals surface area contributed by atoms with Crippen molar-refractivity contribution in [3.8, 4) is 0 Å². The molecule has 0 radical (unpaired) electrons. The monoisotopic (exact) mass is 265 g/mol. The second kappa shape index (κ2) is 7.01. The van der Waals surface area contributed by atoms with Gasteiger partial charge >= 0.3 is 0 Å². The Morgan fingerprint density at radius 2 is 2.11 bits per heavy atom. The van der Waals surface area contributed by atoms with Gasteiger partial charge in [0.25, 0.3) is 0 Å². The first-order chi connectivity index (χ1) is 9.22. The lowest BCUT2D eigenvalue weighted by Gasteiger charge is -2.33. The number of nitrogens with two attached hydrogens (primary N) is 1. The van der Waals surface area contributed by atoms with Crippen molar-refractivity contribution in [2.24, 2.45) is 5.73 Å². The molecule has 0 unspecified atom stereocenters. The zero-order valence-corrected chi connectivity index (χ0v) is 12.3. The Morgan fingerprint density at radius 3 is 2.74 bits per heavy atom. The Morgan fingerprint density at radius 1 is 1.37 bits per heavy atom. The van der Waals surface area contributed by atoms with Crippen molar-refractivity contribution in [2.75, 3.05) is 13.1 Å². The maximum atomic E-state index is 5.78. The van der Waals surface area contributed by atoms with Crippen molar-refractivity contribution in [3.05, 3.63) is 12.2 Å². The van der Waals surface area contributed by atoms with E-state index < -0.39 is 0 Å². The molecule has 0 atom stereocenters. The number of hydrogen-bond acceptors (Lipinski definition) is 4. The lowest BCUT2D eigenvalue weighted by Crippen LogP contribution is -2.40. The molecule has 1 aliphatic carbocycles. The van der Waals surface area contributed by atoms with Crippen LogP contribution < -0.4 is 5.73 Å². The Labute approximate surface area is 116 Å². The number of rotatable bonds is 6. The molecule has 5 heteroatoms. The maximum Gasteiger partial charge on any atom is 0.141 e. The molecule has 108 valence electrons. The van der Waals surface area contributed by atoms with Gasteiger partial charge in [-0.25, -0.2) is 9.67 Å². The SMILES string of the molecule is CC(C)n1ncnc1CN(CCN)C1CCCCC1. The standard InChI is InChI=1S/C14H27N5/c1-12(2)19-14(16-11-17-19)10-18(9-8-15)13-6-4-3-5-7-13/h11-13H,3-10,15H2,1-2H3. The molecule has 1 heterocycles. The summed E-state index contributed by atoms with van der Waals surface area (Å²) in [5.74, 6) is 1.06. The van der Waals surface area contributed by atoms with Crippen LogP contribution in [-0.4, -0.2) is 38.8 Å². The molecular weight excluding hydrogens is 238 g/mol. The maximum absolute atomic E-state index is 5.78. The van der Waals surface area contributed by atoms with E-state index in [9.17, 15) is 0 Å². The average Bonchev–Trinajstić information content (AvgIpc) is 2.88. The predicted molar refractivity (Wildman–Crippen MR) is 76.7 cm³/mol. The third-order valence-electron chi connectivity index (χ3n) is 3.99. The van der Waals surface area contributed by atoms with Crippen molar-refractivity contribution < 1.29 is 0 Å². The lowest BCUT2D eigenvalue weighted by atomic mass is 9.94. The normalized spacial score (nSPS) is 17.5. The lowest BCUT2D eigenvalue weighted by molar-refractivity contribution is 0.145. The highest BCUT2D eigenvalue weighted by molar-refractivity contribution is 4.89. The van der Waals surface area contributed by atoms with Gasteiger partial charge in [-0.15, -0.1) is 0 Å². The number of nitrogens with zero attached hydrogens (tertiary/aromatic N) is 4. The van der Waals surface area contributed by atoms with Crippen LogP contribution in [0.4, 0.5) is 0 Å². The minimum absolute atomic E-state index is 0.364. The van der Waals surface area contributed by atoms with E-state index in [4.69, 9.17) is 5.73 Å². The average molecular weight is 265 g/mol. The van der Waals surface area contributed by atoms with Gasteiger partial charge in [0.1, 0.15) is 12.2 Å². The second-order valence-electron chi connectivity index (χ2n) is 5.77. The predicted octanol–water partition coefficient (Wildman–Crippen LogP) is 1.95. The van der Waals surface area contributed by atoms with Crippen LogP contribution in [0.2, 0.25) is 0 Å². The summed E-state index contributed by atoms with van der Waals surface area (Å²) in [4.78, 5) is 6.93. The summed E-state index contributed by atoms with van der Waals surface area (Å²) >= 11 is 0. The molecule has 2 rings (SSSR count). The zero-order chi connectivity index (χ0) is 13.7. The van der Waals surface area contributed by atoms with Crippen molar-refractivity contribution in [3.63, 3.8) is 0 Å². The third kappa shape index (κ3) is 3.76. The van der Waals surface area contributed by atoms with E-state index in [0.717, 1.165) is 18.9 Å². The molecule has 1 aliphatic rings. The fraction of sp³-hybridized carbons (Fsp3) is 0.857. The Kier molecular flexibility index (Phi) is 5.34. The summed E-state index contributed by atoms with van der Waals surface area (Å²) in [5.41, 5.74) is 5.78. The first-order valence-electron chi connectivity index (χ1n) is 7.55. The number of aromatic nitrogens is 3.